The lowest BCUT2D eigenvalue weighted by Crippen LogP contribution is -2.16. The minimum Gasteiger partial charge on any atom is -0.340 e. The first-order valence-corrected chi connectivity index (χ1v) is 9.50. The average Bonchev–Trinajstić information content (AvgIpc) is 2.74. The first kappa shape index (κ1) is 18.6. The van der Waals surface area contributed by atoms with E-state index in [0.29, 0.717) is 23.0 Å². The molecule has 2 N–H and O–H groups in total. The van der Waals surface area contributed by atoms with Gasteiger partial charge in [0.15, 0.2) is 0 Å². The maximum absolute atomic E-state index is 12.9. The number of para-hydroxylation sites is 2. The Bertz CT molecular complexity index is 1180. The standard InChI is InChI=1S/C23H21N5O/c1-3-16-8-4-5-11-18(16)27-21-14-20(25-15(2)26-21)23(29)28-19-12-6-9-17-10-7-13-24-22(17)19/h4-14H,3H2,1-2H3,(H,28,29)(H,25,26,27). The first-order valence-electron chi connectivity index (χ1n) is 9.50. The molecule has 29 heavy (non-hydrogen) atoms. The minimum absolute atomic E-state index is 0.293. The number of rotatable bonds is 5. The fraction of sp³-hybridized carbons (Fsp3) is 0.130. The number of amides is 1. The van der Waals surface area contributed by atoms with Gasteiger partial charge in [0.25, 0.3) is 5.91 Å². The molecule has 0 saturated carbocycles. The summed E-state index contributed by atoms with van der Waals surface area (Å²) in [5.74, 6) is 0.797. The Balaban J connectivity index is 1.62. The Kier molecular flexibility index (Phi) is 5.16. The Labute approximate surface area is 169 Å². The number of hydrogen-bond donors (Lipinski definition) is 2. The van der Waals surface area contributed by atoms with E-state index in [-0.39, 0.29) is 5.91 Å². The predicted octanol–water partition coefficient (Wildman–Crippen LogP) is 4.89. The number of hydrogen-bond acceptors (Lipinski definition) is 5. The van der Waals surface area contributed by atoms with Crippen molar-refractivity contribution >= 4 is 34.0 Å². The first-order chi connectivity index (χ1) is 14.1. The number of nitrogens with zero attached hydrogens (tertiary/aromatic N) is 3. The summed E-state index contributed by atoms with van der Waals surface area (Å²) in [5, 5.41) is 7.19. The van der Waals surface area contributed by atoms with Gasteiger partial charge in [-0.15, -0.1) is 0 Å². The third-order valence-electron chi connectivity index (χ3n) is 4.61. The Morgan fingerprint density at radius 1 is 0.966 bits per heavy atom. The summed E-state index contributed by atoms with van der Waals surface area (Å²) in [7, 11) is 0. The van der Waals surface area contributed by atoms with Crippen LogP contribution in [-0.4, -0.2) is 20.9 Å². The zero-order valence-electron chi connectivity index (χ0n) is 16.3. The van der Waals surface area contributed by atoms with Crippen molar-refractivity contribution in [3.8, 4) is 0 Å². The van der Waals surface area contributed by atoms with Crippen molar-refractivity contribution in [1.82, 2.24) is 15.0 Å². The van der Waals surface area contributed by atoms with Gasteiger partial charge in [0, 0.05) is 23.3 Å². The number of benzene rings is 2. The number of nitrogens with one attached hydrogen (secondary N) is 2. The van der Waals surface area contributed by atoms with E-state index in [0.717, 1.165) is 23.0 Å². The highest BCUT2D eigenvalue weighted by molar-refractivity contribution is 6.07. The van der Waals surface area contributed by atoms with Gasteiger partial charge in [-0.2, -0.15) is 0 Å². The molecule has 4 aromatic rings. The normalized spacial score (nSPS) is 10.7. The number of anilines is 3. The van der Waals surface area contributed by atoms with Gasteiger partial charge in [0.05, 0.1) is 11.2 Å². The van der Waals surface area contributed by atoms with Crippen LogP contribution in [0.25, 0.3) is 10.9 Å². The molecule has 0 aliphatic rings. The topological polar surface area (TPSA) is 79.8 Å². The smallest absolute Gasteiger partial charge is 0.274 e. The fourth-order valence-corrected chi connectivity index (χ4v) is 3.23. The quantitative estimate of drug-likeness (QED) is 0.513. The van der Waals surface area contributed by atoms with Crippen molar-refractivity contribution in [3.05, 3.63) is 83.9 Å². The summed E-state index contributed by atoms with van der Waals surface area (Å²) in [6.07, 6.45) is 2.61. The molecule has 0 aliphatic carbocycles. The van der Waals surface area contributed by atoms with E-state index in [2.05, 4.69) is 38.6 Å². The lowest BCUT2D eigenvalue weighted by Gasteiger charge is -2.12. The second-order valence-corrected chi connectivity index (χ2v) is 6.66. The van der Waals surface area contributed by atoms with Crippen LogP contribution in [0, 0.1) is 6.92 Å². The number of carbonyl (C=O) groups is 1. The fourth-order valence-electron chi connectivity index (χ4n) is 3.23. The third kappa shape index (κ3) is 4.06. The van der Waals surface area contributed by atoms with Crippen LogP contribution in [0.4, 0.5) is 17.2 Å². The van der Waals surface area contributed by atoms with Crippen LogP contribution >= 0.6 is 0 Å². The van der Waals surface area contributed by atoms with Gasteiger partial charge in [0.1, 0.15) is 17.3 Å². The van der Waals surface area contributed by atoms with Crippen LogP contribution < -0.4 is 10.6 Å². The summed E-state index contributed by atoms with van der Waals surface area (Å²) in [6, 6.07) is 19.2. The number of fused-ring (bicyclic) bond motifs is 1. The molecule has 0 spiro atoms. The highest BCUT2D eigenvalue weighted by Crippen LogP contribution is 2.23. The molecular weight excluding hydrogens is 362 g/mol. The van der Waals surface area contributed by atoms with Crippen LogP contribution in [-0.2, 0) is 6.42 Å². The van der Waals surface area contributed by atoms with Gasteiger partial charge in [-0.25, -0.2) is 9.97 Å². The molecule has 0 atom stereocenters. The number of pyridine rings is 1. The van der Waals surface area contributed by atoms with Gasteiger partial charge >= 0.3 is 0 Å². The SMILES string of the molecule is CCc1ccccc1Nc1cc(C(=O)Nc2cccc3cccnc23)nc(C)n1. The molecule has 1 amide bonds. The molecule has 0 saturated heterocycles. The van der Waals surface area contributed by atoms with E-state index < -0.39 is 0 Å². The van der Waals surface area contributed by atoms with Crippen molar-refractivity contribution in [2.45, 2.75) is 20.3 Å². The van der Waals surface area contributed by atoms with E-state index >= 15 is 0 Å². The van der Waals surface area contributed by atoms with Gasteiger partial charge in [-0.1, -0.05) is 43.3 Å². The molecule has 4 rings (SSSR count). The molecule has 0 bridgehead atoms. The number of aromatic nitrogens is 3. The molecule has 2 aromatic carbocycles. The van der Waals surface area contributed by atoms with Crippen LogP contribution in [0.2, 0.25) is 0 Å². The van der Waals surface area contributed by atoms with E-state index in [1.54, 1.807) is 19.2 Å². The highest BCUT2D eigenvalue weighted by atomic mass is 16.1. The van der Waals surface area contributed by atoms with E-state index in [9.17, 15) is 4.79 Å². The number of aryl methyl sites for hydroxylation is 2. The maximum Gasteiger partial charge on any atom is 0.274 e. The third-order valence-corrected chi connectivity index (χ3v) is 4.61. The molecule has 0 fully saturated rings. The van der Waals surface area contributed by atoms with E-state index in [4.69, 9.17) is 0 Å². The van der Waals surface area contributed by atoms with Crippen molar-refractivity contribution in [3.63, 3.8) is 0 Å². The molecule has 0 aliphatic heterocycles. The van der Waals surface area contributed by atoms with E-state index in [1.165, 1.54) is 5.56 Å². The Morgan fingerprint density at radius 3 is 2.62 bits per heavy atom. The van der Waals surface area contributed by atoms with Crippen molar-refractivity contribution in [2.75, 3.05) is 10.6 Å². The molecule has 0 radical (unpaired) electrons. The van der Waals surface area contributed by atoms with Crippen molar-refractivity contribution in [2.24, 2.45) is 0 Å². The van der Waals surface area contributed by atoms with Crippen LogP contribution in [0.3, 0.4) is 0 Å². The van der Waals surface area contributed by atoms with Crippen LogP contribution in [0.15, 0.2) is 66.9 Å². The Morgan fingerprint density at radius 2 is 1.76 bits per heavy atom. The van der Waals surface area contributed by atoms with Gasteiger partial charge < -0.3 is 10.6 Å². The summed E-state index contributed by atoms with van der Waals surface area (Å²) in [6.45, 7) is 3.87. The summed E-state index contributed by atoms with van der Waals surface area (Å²) in [5.41, 5.74) is 3.83. The van der Waals surface area contributed by atoms with Crippen molar-refractivity contribution < 1.29 is 4.79 Å². The average molecular weight is 383 g/mol. The molecule has 0 unspecified atom stereocenters. The Hall–Kier alpha value is -3.80. The van der Waals surface area contributed by atoms with Crippen LogP contribution in [0.1, 0.15) is 28.8 Å². The molecule has 6 heteroatoms. The lowest BCUT2D eigenvalue weighted by molar-refractivity contribution is 0.102. The van der Waals surface area contributed by atoms with Crippen LogP contribution in [0.5, 0.6) is 0 Å². The molecule has 6 nitrogen and oxygen atoms in total. The summed E-state index contributed by atoms with van der Waals surface area (Å²) in [4.78, 5) is 26.0. The minimum atomic E-state index is -0.305. The summed E-state index contributed by atoms with van der Waals surface area (Å²) >= 11 is 0. The van der Waals surface area contributed by atoms with Gasteiger partial charge in [-0.3, -0.25) is 9.78 Å². The second kappa shape index (κ2) is 8.06. The monoisotopic (exact) mass is 383 g/mol. The highest BCUT2D eigenvalue weighted by Gasteiger charge is 2.13. The zero-order valence-corrected chi connectivity index (χ0v) is 16.3. The second-order valence-electron chi connectivity index (χ2n) is 6.66. The van der Waals surface area contributed by atoms with E-state index in [1.807, 2.05) is 48.5 Å². The maximum atomic E-state index is 12.9. The lowest BCUT2D eigenvalue weighted by atomic mass is 10.1. The van der Waals surface area contributed by atoms with Gasteiger partial charge in [-0.05, 0) is 37.1 Å². The van der Waals surface area contributed by atoms with Crippen molar-refractivity contribution in [1.29, 1.82) is 0 Å². The number of carbonyl (C=O) groups excluding carboxylic acids is 1. The molecule has 144 valence electrons. The molecule has 2 aromatic heterocycles. The molecular formula is C23H21N5O. The largest absolute Gasteiger partial charge is 0.340 e. The summed E-state index contributed by atoms with van der Waals surface area (Å²) < 4.78 is 0. The van der Waals surface area contributed by atoms with Gasteiger partial charge in [0.2, 0.25) is 0 Å². The molecule has 2 heterocycles. The zero-order chi connectivity index (χ0) is 20.2. The predicted molar refractivity (Wildman–Crippen MR) is 116 cm³/mol.